The van der Waals surface area contributed by atoms with Crippen LogP contribution in [0.2, 0.25) is 0 Å². The minimum atomic E-state index is 0.261. The van der Waals surface area contributed by atoms with Crippen molar-refractivity contribution in [1.29, 1.82) is 0 Å². The van der Waals surface area contributed by atoms with Gasteiger partial charge in [0.2, 0.25) is 0 Å². The SMILES string of the molecule is CCC1(C)C=CC2=C(C=C1)CNCC2. The molecule has 0 saturated heterocycles. The van der Waals surface area contributed by atoms with Crippen molar-refractivity contribution in [2.45, 2.75) is 26.7 Å². The first-order chi connectivity index (χ1) is 6.73. The number of nitrogens with one attached hydrogen (secondary N) is 1. The smallest absolute Gasteiger partial charge is 0.0208 e. The molecular formula is C13H19N. The Kier molecular flexibility index (Phi) is 2.60. The molecule has 2 aliphatic rings. The zero-order valence-electron chi connectivity index (χ0n) is 9.14. The molecule has 1 atom stereocenters. The van der Waals surface area contributed by atoms with Crippen molar-refractivity contribution < 1.29 is 0 Å². The molecule has 1 heteroatoms. The van der Waals surface area contributed by atoms with Crippen molar-refractivity contribution >= 4 is 0 Å². The van der Waals surface area contributed by atoms with E-state index < -0.39 is 0 Å². The Morgan fingerprint density at radius 3 is 2.71 bits per heavy atom. The fourth-order valence-electron chi connectivity index (χ4n) is 1.95. The topological polar surface area (TPSA) is 12.0 Å². The highest BCUT2D eigenvalue weighted by atomic mass is 14.9. The molecule has 1 nitrogen and oxygen atoms in total. The summed E-state index contributed by atoms with van der Waals surface area (Å²) < 4.78 is 0. The van der Waals surface area contributed by atoms with Crippen LogP contribution in [0.5, 0.6) is 0 Å². The van der Waals surface area contributed by atoms with Crippen molar-refractivity contribution in [3.8, 4) is 0 Å². The van der Waals surface area contributed by atoms with E-state index in [0.29, 0.717) is 0 Å². The zero-order valence-corrected chi connectivity index (χ0v) is 9.14. The summed E-state index contributed by atoms with van der Waals surface area (Å²) in [5.74, 6) is 0. The van der Waals surface area contributed by atoms with E-state index in [2.05, 4.69) is 43.5 Å². The predicted octanol–water partition coefficient (Wildman–Crippen LogP) is 2.82. The van der Waals surface area contributed by atoms with Crippen LogP contribution >= 0.6 is 0 Å². The molecule has 0 aromatic rings. The van der Waals surface area contributed by atoms with Gasteiger partial charge in [0.25, 0.3) is 0 Å². The van der Waals surface area contributed by atoms with Crippen LogP contribution in [0.3, 0.4) is 0 Å². The summed E-state index contributed by atoms with van der Waals surface area (Å²) in [5.41, 5.74) is 3.26. The van der Waals surface area contributed by atoms with Gasteiger partial charge < -0.3 is 5.32 Å². The largest absolute Gasteiger partial charge is 0.312 e. The normalized spacial score (nSPS) is 31.6. The maximum atomic E-state index is 3.41. The lowest BCUT2D eigenvalue weighted by molar-refractivity contribution is 0.531. The second kappa shape index (κ2) is 3.74. The first-order valence-electron chi connectivity index (χ1n) is 5.55. The van der Waals surface area contributed by atoms with Gasteiger partial charge in [-0.2, -0.15) is 0 Å². The molecule has 14 heavy (non-hydrogen) atoms. The van der Waals surface area contributed by atoms with E-state index in [9.17, 15) is 0 Å². The summed E-state index contributed by atoms with van der Waals surface area (Å²) in [5, 5.41) is 3.41. The Hall–Kier alpha value is -0.820. The lowest BCUT2D eigenvalue weighted by Gasteiger charge is -2.18. The van der Waals surface area contributed by atoms with Crippen LogP contribution in [0.4, 0.5) is 0 Å². The average Bonchev–Trinajstić information content (AvgIpc) is 2.40. The van der Waals surface area contributed by atoms with Crippen LogP contribution in [0.15, 0.2) is 35.5 Å². The van der Waals surface area contributed by atoms with E-state index >= 15 is 0 Å². The second-order valence-electron chi connectivity index (χ2n) is 4.50. The highest BCUT2D eigenvalue weighted by molar-refractivity contribution is 5.40. The maximum absolute atomic E-state index is 3.41. The third-order valence-electron chi connectivity index (χ3n) is 3.39. The van der Waals surface area contributed by atoms with Gasteiger partial charge >= 0.3 is 0 Å². The van der Waals surface area contributed by atoms with Crippen molar-refractivity contribution in [2.75, 3.05) is 13.1 Å². The summed E-state index contributed by atoms with van der Waals surface area (Å²) in [4.78, 5) is 0. The lowest BCUT2D eigenvalue weighted by Crippen LogP contribution is -2.23. The van der Waals surface area contributed by atoms with Crippen LogP contribution in [0.25, 0.3) is 0 Å². The number of allylic oxidation sites excluding steroid dienone is 3. The van der Waals surface area contributed by atoms with Crippen LogP contribution in [0, 0.1) is 5.41 Å². The molecule has 0 radical (unpaired) electrons. The molecule has 0 aromatic heterocycles. The van der Waals surface area contributed by atoms with Gasteiger partial charge in [-0.15, -0.1) is 0 Å². The van der Waals surface area contributed by atoms with Crippen LogP contribution < -0.4 is 5.32 Å². The van der Waals surface area contributed by atoms with Crippen LogP contribution in [-0.4, -0.2) is 13.1 Å². The van der Waals surface area contributed by atoms with Crippen molar-refractivity contribution in [1.82, 2.24) is 5.32 Å². The van der Waals surface area contributed by atoms with Crippen LogP contribution in [0.1, 0.15) is 26.7 Å². The van der Waals surface area contributed by atoms with Crippen molar-refractivity contribution in [3.05, 3.63) is 35.5 Å². The predicted molar refractivity (Wildman–Crippen MR) is 61.2 cm³/mol. The fourth-order valence-corrected chi connectivity index (χ4v) is 1.95. The summed E-state index contributed by atoms with van der Waals surface area (Å²) >= 11 is 0. The monoisotopic (exact) mass is 189 g/mol. The molecule has 1 aliphatic carbocycles. The first kappa shape index (κ1) is 9.72. The van der Waals surface area contributed by atoms with E-state index in [4.69, 9.17) is 0 Å². The molecule has 1 unspecified atom stereocenters. The molecule has 0 saturated carbocycles. The Morgan fingerprint density at radius 1 is 1.29 bits per heavy atom. The minimum absolute atomic E-state index is 0.261. The average molecular weight is 189 g/mol. The molecule has 0 spiro atoms. The molecule has 0 amide bonds. The third-order valence-corrected chi connectivity index (χ3v) is 3.39. The fraction of sp³-hybridized carbons (Fsp3) is 0.538. The van der Waals surface area contributed by atoms with Gasteiger partial charge in [-0.1, -0.05) is 38.2 Å². The lowest BCUT2D eigenvalue weighted by atomic mass is 9.87. The molecule has 0 bridgehead atoms. The molecule has 1 N–H and O–H groups in total. The molecule has 0 fully saturated rings. The number of hydrogen-bond acceptors (Lipinski definition) is 1. The van der Waals surface area contributed by atoms with Gasteiger partial charge in [-0.3, -0.25) is 0 Å². The molecule has 1 aliphatic heterocycles. The highest BCUT2D eigenvalue weighted by Crippen LogP contribution is 2.30. The molecule has 76 valence electrons. The van der Waals surface area contributed by atoms with E-state index in [1.807, 2.05) is 0 Å². The zero-order chi connectivity index (χ0) is 10.0. The van der Waals surface area contributed by atoms with Crippen molar-refractivity contribution in [2.24, 2.45) is 5.41 Å². The van der Waals surface area contributed by atoms with Gasteiger partial charge in [-0.25, -0.2) is 0 Å². The van der Waals surface area contributed by atoms with E-state index in [0.717, 1.165) is 13.1 Å². The van der Waals surface area contributed by atoms with Crippen LogP contribution in [-0.2, 0) is 0 Å². The first-order valence-corrected chi connectivity index (χ1v) is 5.55. The summed E-state index contributed by atoms with van der Waals surface area (Å²) in [6.07, 6.45) is 11.7. The number of rotatable bonds is 1. The molecular weight excluding hydrogens is 170 g/mol. The summed E-state index contributed by atoms with van der Waals surface area (Å²) in [6, 6.07) is 0. The quantitative estimate of drug-likeness (QED) is 0.669. The Bertz CT molecular complexity index is 281. The Labute approximate surface area is 86.6 Å². The Balaban J connectivity index is 2.29. The number of hydrogen-bond donors (Lipinski definition) is 1. The van der Waals surface area contributed by atoms with Gasteiger partial charge in [0.05, 0.1) is 0 Å². The minimum Gasteiger partial charge on any atom is -0.312 e. The maximum Gasteiger partial charge on any atom is 0.0208 e. The van der Waals surface area contributed by atoms with Gasteiger partial charge in [0.15, 0.2) is 0 Å². The van der Waals surface area contributed by atoms with Gasteiger partial charge in [0, 0.05) is 12.0 Å². The van der Waals surface area contributed by atoms with E-state index in [1.165, 1.54) is 24.0 Å². The molecule has 1 heterocycles. The Morgan fingerprint density at radius 2 is 2.00 bits per heavy atom. The standard InChI is InChI=1S/C13H19N/c1-3-13(2)7-4-11-6-9-14-10-12(11)5-8-13/h4-5,7-8,14H,3,6,9-10H2,1-2H3. The van der Waals surface area contributed by atoms with Gasteiger partial charge in [-0.05, 0) is 30.5 Å². The second-order valence-corrected chi connectivity index (χ2v) is 4.50. The van der Waals surface area contributed by atoms with Crippen molar-refractivity contribution in [3.63, 3.8) is 0 Å². The third kappa shape index (κ3) is 1.83. The summed E-state index contributed by atoms with van der Waals surface area (Å²) in [7, 11) is 0. The van der Waals surface area contributed by atoms with E-state index in [-0.39, 0.29) is 5.41 Å². The highest BCUT2D eigenvalue weighted by Gasteiger charge is 2.18. The van der Waals surface area contributed by atoms with E-state index in [1.54, 1.807) is 0 Å². The van der Waals surface area contributed by atoms with Gasteiger partial charge in [0.1, 0.15) is 0 Å². The molecule has 2 rings (SSSR count). The summed E-state index contributed by atoms with van der Waals surface area (Å²) in [6.45, 7) is 6.71. The molecule has 0 aromatic carbocycles.